The van der Waals surface area contributed by atoms with Gasteiger partial charge in [-0.2, -0.15) is 0 Å². The van der Waals surface area contributed by atoms with E-state index in [1.54, 1.807) is 30.5 Å². The van der Waals surface area contributed by atoms with Gasteiger partial charge in [0.2, 0.25) is 5.95 Å². The minimum absolute atomic E-state index is 0.114. The molecule has 0 radical (unpaired) electrons. The summed E-state index contributed by atoms with van der Waals surface area (Å²) in [5, 5.41) is 5.87. The normalized spacial score (nSPS) is 14.3. The van der Waals surface area contributed by atoms with Gasteiger partial charge in [0.1, 0.15) is 35.2 Å². The first kappa shape index (κ1) is 29.1. The predicted octanol–water partition coefficient (Wildman–Crippen LogP) is 7.29. The van der Waals surface area contributed by atoms with Crippen LogP contribution in [0.5, 0.6) is 5.75 Å². The first-order chi connectivity index (χ1) is 22.5. The zero-order valence-electron chi connectivity index (χ0n) is 24.5. The van der Waals surface area contributed by atoms with Crippen LogP contribution in [0.25, 0.3) is 28.3 Å². The van der Waals surface area contributed by atoms with Gasteiger partial charge in [0, 0.05) is 42.0 Å². The number of hydrogen-bond donors (Lipinski definition) is 2. The summed E-state index contributed by atoms with van der Waals surface area (Å²) in [5.74, 6) is -1.69. The quantitative estimate of drug-likeness (QED) is 0.175. The molecule has 0 bridgehead atoms. The second kappa shape index (κ2) is 12.7. The lowest BCUT2D eigenvalue weighted by Crippen LogP contribution is -2.16. The standard InChI is InChI=1S/C35H28F2N6O3/c36-27-12-5-13-28(37)31(27)34(44)39-23-8-3-7-22(19-23)32-33(43-17-2-1-14-30(43)42-32)29-15-16-38-35(41-29)40-24-9-4-10-25(20-24)46-21-26-11-6-18-45-26/h1-5,7-10,12-17,19-20,26H,6,11,18,21H2,(H,39,44)(H,38,40,41). The van der Waals surface area contributed by atoms with Crippen molar-refractivity contribution in [1.82, 2.24) is 19.4 Å². The lowest BCUT2D eigenvalue weighted by atomic mass is 10.1. The van der Waals surface area contributed by atoms with E-state index in [9.17, 15) is 13.6 Å². The number of imidazole rings is 1. The van der Waals surface area contributed by atoms with Gasteiger partial charge in [-0.3, -0.25) is 9.20 Å². The fourth-order valence-electron chi connectivity index (χ4n) is 5.40. The van der Waals surface area contributed by atoms with Crippen LogP contribution in [0.15, 0.2) is 103 Å². The van der Waals surface area contributed by atoms with Crippen LogP contribution in [0.2, 0.25) is 0 Å². The molecule has 1 atom stereocenters. The number of ether oxygens (including phenoxy) is 2. The highest BCUT2D eigenvalue weighted by Crippen LogP contribution is 2.34. The Bertz CT molecular complexity index is 2020. The van der Waals surface area contributed by atoms with Gasteiger partial charge in [-0.25, -0.2) is 23.7 Å². The highest BCUT2D eigenvalue weighted by Gasteiger charge is 2.21. The van der Waals surface area contributed by atoms with Gasteiger partial charge >= 0.3 is 0 Å². The van der Waals surface area contributed by atoms with Crippen molar-refractivity contribution >= 4 is 28.9 Å². The van der Waals surface area contributed by atoms with Crippen LogP contribution < -0.4 is 15.4 Å². The number of rotatable bonds is 9. The molecule has 3 aromatic heterocycles. The van der Waals surface area contributed by atoms with Crippen LogP contribution in [-0.2, 0) is 4.74 Å². The molecule has 46 heavy (non-hydrogen) atoms. The molecular formula is C35H28F2N6O3. The third kappa shape index (κ3) is 6.13. The average molecular weight is 619 g/mol. The van der Waals surface area contributed by atoms with Crippen molar-refractivity contribution in [3.8, 4) is 28.4 Å². The van der Waals surface area contributed by atoms with Gasteiger partial charge in [-0.15, -0.1) is 0 Å². The molecule has 0 spiro atoms. The Labute approximate surface area is 262 Å². The fourth-order valence-corrected chi connectivity index (χ4v) is 5.40. The van der Waals surface area contributed by atoms with Crippen LogP contribution in [-0.4, -0.2) is 44.6 Å². The summed E-state index contributed by atoms with van der Waals surface area (Å²) < 4.78 is 42.0. The Morgan fingerprint density at radius 1 is 0.935 bits per heavy atom. The number of hydrogen-bond acceptors (Lipinski definition) is 7. The van der Waals surface area contributed by atoms with E-state index in [0.717, 1.165) is 37.3 Å². The second-order valence-corrected chi connectivity index (χ2v) is 10.7. The fraction of sp³-hybridized carbons (Fsp3) is 0.143. The molecule has 0 aliphatic carbocycles. The number of carbonyl (C=O) groups is 1. The van der Waals surface area contributed by atoms with E-state index in [4.69, 9.17) is 19.4 Å². The number of nitrogens with one attached hydrogen (secondary N) is 2. The van der Waals surface area contributed by atoms with Gasteiger partial charge in [0.15, 0.2) is 0 Å². The van der Waals surface area contributed by atoms with Gasteiger partial charge < -0.3 is 20.1 Å². The lowest BCUT2D eigenvalue weighted by Gasteiger charge is -2.13. The van der Waals surface area contributed by atoms with Crippen molar-refractivity contribution in [2.24, 2.45) is 0 Å². The molecule has 1 saturated heterocycles. The predicted molar refractivity (Wildman–Crippen MR) is 170 cm³/mol. The number of amides is 1. The Morgan fingerprint density at radius 2 is 1.76 bits per heavy atom. The minimum atomic E-state index is -0.942. The van der Waals surface area contributed by atoms with E-state index in [1.165, 1.54) is 6.07 Å². The number of fused-ring (bicyclic) bond motifs is 1. The van der Waals surface area contributed by atoms with Crippen molar-refractivity contribution in [1.29, 1.82) is 0 Å². The Morgan fingerprint density at radius 3 is 2.61 bits per heavy atom. The number of benzene rings is 3. The molecule has 4 heterocycles. The largest absolute Gasteiger partial charge is 0.491 e. The van der Waals surface area contributed by atoms with Gasteiger partial charge in [-0.1, -0.05) is 30.3 Å². The maximum absolute atomic E-state index is 14.2. The van der Waals surface area contributed by atoms with Crippen molar-refractivity contribution < 1.29 is 23.0 Å². The summed E-state index contributed by atoms with van der Waals surface area (Å²) in [4.78, 5) is 26.9. The molecule has 1 aliphatic rings. The van der Waals surface area contributed by atoms with Crippen molar-refractivity contribution in [3.63, 3.8) is 0 Å². The molecule has 1 fully saturated rings. The summed E-state index contributed by atoms with van der Waals surface area (Å²) in [7, 11) is 0. The molecule has 11 heteroatoms. The van der Waals surface area contributed by atoms with E-state index >= 15 is 0 Å². The van der Waals surface area contributed by atoms with E-state index in [-0.39, 0.29) is 6.10 Å². The third-order valence-electron chi connectivity index (χ3n) is 7.56. The van der Waals surface area contributed by atoms with E-state index in [0.29, 0.717) is 52.3 Å². The Balaban J connectivity index is 1.18. The van der Waals surface area contributed by atoms with E-state index in [2.05, 4.69) is 15.6 Å². The molecule has 6 aromatic rings. The zero-order valence-corrected chi connectivity index (χ0v) is 24.5. The van der Waals surface area contributed by atoms with Crippen LogP contribution in [0.4, 0.5) is 26.1 Å². The van der Waals surface area contributed by atoms with Crippen LogP contribution in [0, 0.1) is 11.6 Å². The minimum Gasteiger partial charge on any atom is -0.491 e. The summed E-state index contributed by atoms with van der Waals surface area (Å²) in [6.07, 6.45) is 5.71. The monoisotopic (exact) mass is 618 g/mol. The summed E-state index contributed by atoms with van der Waals surface area (Å²) in [6.45, 7) is 1.27. The van der Waals surface area contributed by atoms with Crippen LogP contribution in [0.1, 0.15) is 23.2 Å². The molecule has 1 amide bonds. The molecule has 0 saturated carbocycles. The topological polar surface area (TPSA) is 103 Å². The van der Waals surface area contributed by atoms with Crippen molar-refractivity contribution in [3.05, 3.63) is 121 Å². The molecule has 1 unspecified atom stereocenters. The second-order valence-electron chi connectivity index (χ2n) is 10.7. The summed E-state index contributed by atoms with van der Waals surface area (Å²) in [5.41, 5.74) is 3.68. The van der Waals surface area contributed by atoms with E-state index in [1.807, 2.05) is 59.1 Å². The van der Waals surface area contributed by atoms with Crippen molar-refractivity contribution in [2.45, 2.75) is 18.9 Å². The third-order valence-corrected chi connectivity index (χ3v) is 7.56. The smallest absolute Gasteiger partial charge is 0.261 e. The number of halogens is 2. The highest BCUT2D eigenvalue weighted by molar-refractivity contribution is 6.05. The maximum atomic E-state index is 14.2. The molecule has 1 aliphatic heterocycles. The molecule has 230 valence electrons. The molecule has 3 aromatic carbocycles. The van der Waals surface area contributed by atoms with E-state index < -0.39 is 23.1 Å². The SMILES string of the molecule is O=C(Nc1cccc(-c2nc3ccccn3c2-c2ccnc(Nc3cccc(OCC4CCCO4)c3)n2)c1)c1c(F)cccc1F. The zero-order chi connectivity index (χ0) is 31.5. The summed E-state index contributed by atoms with van der Waals surface area (Å²) >= 11 is 0. The number of carbonyl (C=O) groups excluding carboxylic acids is 1. The molecule has 9 nitrogen and oxygen atoms in total. The van der Waals surface area contributed by atoms with Gasteiger partial charge in [-0.05, 0) is 67.4 Å². The van der Waals surface area contributed by atoms with Gasteiger partial charge in [0.05, 0.1) is 23.2 Å². The number of anilines is 3. The van der Waals surface area contributed by atoms with Gasteiger partial charge in [0.25, 0.3) is 5.91 Å². The molecular weight excluding hydrogens is 590 g/mol. The number of pyridine rings is 1. The average Bonchev–Trinajstić information content (AvgIpc) is 3.73. The first-order valence-corrected chi connectivity index (χ1v) is 14.8. The van der Waals surface area contributed by atoms with Crippen LogP contribution >= 0.6 is 0 Å². The Kier molecular flexibility index (Phi) is 8.05. The molecule has 7 rings (SSSR count). The van der Waals surface area contributed by atoms with Crippen molar-refractivity contribution in [2.75, 3.05) is 23.8 Å². The highest BCUT2D eigenvalue weighted by atomic mass is 19.1. The maximum Gasteiger partial charge on any atom is 0.261 e. The number of nitrogens with zero attached hydrogens (tertiary/aromatic N) is 4. The lowest BCUT2D eigenvalue weighted by molar-refractivity contribution is 0.0680. The van der Waals surface area contributed by atoms with Crippen LogP contribution in [0.3, 0.4) is 0 Å². The number of aromatic nitrogens is 4. The molecule has 2 N–H and O–H groups in total. The Hall–Kier alpha value is -5.68. The first-order valence-electron chi connectivity index (χ1n) is 14.8. The summed E-state index contributed by atoms with van der Waals surface area (Å²) in [6, 6.07) is 25.2.